The SMILES string of the molecule is CCC(=O)Nc1cccc(NCC(C)CC)c1C. The second-order valence-electron chi connectivity index (χ2n) is 4.77. The molecule has 3 nitrogen and oxygen atoms in total. The third-order valence-corrected chi connectivity index (χ3v) is 3.27. The number of carbonyl (C=O) groups excluding carboxylic acids is 1. The molecule has 0 heterocycles. The van der Waals surface area contributed by atoms with Gasteiger partial charge in [-0.05, 0) is 30.5 Å². The van der Waals surface area contributed by atoms with Gasteiger partial charge in [-0.1, -0.05) is 33.3 Å². The lowest BCUT2D eigenvalue weighted by Gasteiger charge is -2.16. The average Bonchev–Trinajstić information content (AvgIpc) is 2.39. The molecular weight excluding hydrogens is 224 g/mol. The Morgan fingerprint density at radius 1 is 1.28 bits per heavy atom. The molecule has 0 aliphatic rings. The Kier molecular flexibility index (Phi) is 5.69. The molecule has 1 aromatic rings. The molecule has 1 amide bonds. The van der Waals surface area contributed by atoms with Crippen molar-refractivity contribution in [3.63, 3.8) is 0 Å². The molecule has 1 rings (SSSR count). The van der Waals surface area contributed by atoms with E-state index >= 15 is 0 Å². The van der Waals surface area contributed by atoms with Gasteiger partial charge in [0, 0.05) is 24.3 Å². The summed E-state index contributed by atoms with van der Waals surface area (Å²) in [6.07, 6.45) is 1.67. The summed E-state index contributed by atoms with van der Waals surface area (Å²) in [5, 5.41) is 6.37. The highest BCUT2D eigenvalue weighted by atomic mass is 16.1. The van der Waals surface area contributed by atoms with E-state index in [-0.39, 0.29) is 5.91 Å². The van der Waals surface area contributed by atoms with Crippen LogP contribution in [0.5, 0.6) is 0 Å². The van der Waals surface area contributed by atoms with Gasteiger partial charge in [-0.25, -0.2) is 0 Å². The molecule has 0 saturated heterocycles. The second kappa shape index (κ2) is 7.04. The quantitative estimate of drug-likeness (QED) is 0.804. The monoisotopic (exact) mass is 248 g/mol. The number of amides is 1. The van der Waals surface area contributed by atoms with Crippen molar-refractivity contribution in [1.82, 2.24) is 0 Å². The van der Waals surface area contributed by atoms with Gasteiger partial charge < -0.3 is 10.6 Å². The van der Waals surface area contributed by atoms with Crippen molar-refractivity contribution in [1.29, 1.82) is 0 Å². The van der Waals surface area contributed by atoms with E-state index in [0.717, 1.165) is 29.9 Å². The predicted octanol–water partition coefficient (Wildman–Crippen LogP) is 3.80. The fourth-order valence-electron chi connectivity index (χ4n) is 1.63. The van der Waals surface area contributed by atoms with Crippen LogP contribution in [-0.4, -0.2) is 12.5 Å². The number of nitrogens with one attached hydrogen (secondary N) is 2. The first-order valence-electron chi connectivity index (χ1n) is 6.71. The Hall–Kier alpha value is -1.51. The van der Waals surface area contributed by atoms with E-state index in [2.05, 4.69) is 30.5 Å². The van der Waals surface area contributed by atoms with E-state index in [4.69, 9.17) is 0 Å². The lowest BCUT2D eigenvalue weighted by molar-refractivity contribution is -0.115. The maximum atomic E-state index is 11.4. The van der Waals surface area contributed by atoms with Crippen molar-refractivity contribution in [2.24, 2.45) is 5.92 Å². The minimum absolute atomic E-state index is 0.0529. The summed E-state index contributed by atoms with van der Waals surface area (Å²) in [7, 11) is 0. The fourth-order valence-corrected chi connectivity index (χ4v) is 1.63. The Bertz CT molecular complexity index is 401. The molecule has 2 N–H and O–H groups in total. The van der Waals surface area contributed by atoms with Gasteiger partial charge in [-0.2, -0.15) is 0 Å². The molecule has 0 spiro atoms. The van der Waals surface area contributed by atoms with Gasteiger partial charge in [0.05, 0.1) is 0 Å². The van der Waals surface area contributed by atoms with E-state index in [1.165, 1.54) is 0 Å². The van der Waals surface area contributed by atoms with Crippen LogP contribution in [0.25, 0.3) is 0 Å². The Labute approximate surface area is 110 Å². The zero-order valence-corrected chi connectivity index (χ0v) is 11.8. The van der Waals surface area contributed by atoms with E-state index < -0.39 is 0 Å². The Morgan fingerprint density at radius 3 is 2.56 bits per heavy atom. The number of rotatable bonds is 6. The smallest absolute Gasteiger partial charge is 0.224 e. The molecule has 0 saturated carbocycles. The van der Waals surface area contributed by atoms with Gasteiger partial charge in [0.1, 0.15) is 0 Å². The van der Waals surface area contributed by atoms with Gasteiger partial charge in [0.2, 0.25) is 5.91 Å². The standard InChI is InChI=1S/C15H24N2O/c1-5-11(3)10-16-13-8-7-9-14(12(13)4)17-15(18)6-2/h7-9,11,16H,5-6,10H2,1-4H3,(H,17,18). The van der Waals surface area contributed by atoms with E-state index in [9.17, 15) is 4.79 Å². The highest BCUT2D eigenvalue weighted by molar-refractivity contribution is 5.92. The van der Waals surface area contributed by atoms with Crippen LogP contribution in [0, 0.1) is 12.8 Å². The largest absolute Gasteiger partial charge is 0.385 e. The van der Waals surface area contributed by atoms with Crippen LogP contribution in [0.2, 0.25) is 0 Å². The van der Waals surface area contributed by atoms with Gasteiger partial charge in [0.15, 0.2) is 0 Å². The summed E-state index contributed by atoms with van der Waals surface area (Å²) in [6.45, 7) is 9.27. The fraction of sp³-hybridized carbons (Fsp3) is 0.533. The molecule has 0 bridgehead atoms. The van der Waals surface area contributed by atoms with Gasteiger partial charge in [0.25, 0.3) is 0 Å². The predicted molar refractivity (Wildman–Crippen MR) is 78.0 cm³/mol. The second-order valence-corrected chi connectivity index (χ2v) is 4.77. The van der Waals surface area contributed by atoms with E-state index in [1.54, 1.807) is 0 Å². The third kappa shape index (κ3) is 4.06. The van der Waals surface area contributed by atoms with E-state index in [0.29, 0.717) is 12.3 Å². The van der Waals surface area contributed by atoms with Crippen LogP contribution in [-0.2, 0) is 4.79 Å². The number of carbonyl (C=O) groups is 1. The average molecular weight is 248 g/mol. The molecule has 0 radical (unpaired) electrons. The lowest BCUT2D eigenvalue weighted by Crippen LogP contribution is -2.13. The van der Waals surface area contributed by atoms with Crippen LogP contribution in [0.4, 0.5) is 11.4 Å². The van der Waals surface area contributed by atoms with E-state index in [1.807, 2.05) is 26.0 Å². The molecular formula is C15H24N2O. The normalized spacial score (nSPS) is 12.0. The minimum Gasteiger partial charge on any atom is -0.385 e. The maximum Gasteiger partial charge on any atom is 0.224 e. The number of hydrogen-bond donors (Lipinski definition) is 2. The van der Waals surface area contributed by atoms with Crippen LogP contribution in [0.3, 0.4) is 0 Å². The molecule has 1 atom stereocenters. The first-order chi connectivity index (χ1) is 8.58. The Morgan fingerprint density at radius 2 is 1.94 bits per heavy atom. The van der Waals surface area contributed by atoms with Crippen molar-refractivity contribution in [3.8, 4) is 0 Å². The zero-order valence-electron chi connectivity index (χ0n) is 11.8. The van der Waals surface area contributed by atoms with Gasteiger partial charge >= 0.3 is 0 Å². The Balaban J connectivity index is 2.75. The molecule has 0 fully saturated rings. The third-order valence-electron chi connectivity index (χ3n) is 3.27. The summed E-state index contributed by atoms with van der Waals surface area (Å²) in [6, 6.07) is 5.97. The number of benzene rings is 1. The maximum absolute atomic E-state index is 11.4. The summed E-state index contributed by atoms with van der Waals surface area (Å²) < 4.78 is 0. The number of hydrogen-bond acceptors (Lipinski definition) is 2. The summed E-state index contributed by atoms with van der Waals surface area (Å²) in [5.41, 5.74) is 3.10. The highest BCUT2D eigenvalue weighted by Gasteiger charge is 2.07. The van der Waals surface area contributed by atoms with Crippen molar-refractivity contribution < 1.29 is 4.79 Å². The van der Waals surface area contributed by atoms with Gasteiger partial charge in [-0.15, -0.1) is 0 Å². The highest BCUT2D eigenvalue weighted by Crippen LogP contribution is 2.23. The molecule has 18 heavy (non-hydrogen) atoms. The zero-order chi connectivity index (χ0) is 13.5. The van der Waals surface area contributed by atoms with Crippen LogP contribution >= 0.6 is 0 Å². The summed E-state index contributed by atoms with van der Waals surface area (Å²) >= 11 is 0. The minimum atomic E-state index is 0.0529. The topological polar surface area (TPSA) is 41.1 Å². The van der Waals surface area contributed by atoms with Crippen molar-refractivity contribution in [2.45, 2.75) is 40.5 Å². The van der Waals surface area contributed by atoms with Crippen LogP contribution in [0.1, 0.15) is 39.2 Å². The summed E-state index contributed by atoms with van der Waals surface area (Å²) in [5.74, 6) is 0.704. The molecule has 1 unspecified atom stereocenters. The molecule has 100 valence electrons. The van der Waals surface area contributed by atoms with Gasteiger partial charge in [-0.3, -0.25) is 4.79 Å². The summed E-state index contributed by atoms with van der Waals surface area (Å²) in [4.78, 5) is 11.4. The van der Waals surface area contributed by atoms with Crippen LogP contribution in [0.15, 0.2) is 18.2 Å². The van der Waals surface area contributed by atoms with Crippen molar-refractivity contribution in [2.75, 3.05) is 17.2 Å². The lowest BCUT2D eigenvalue weighted by atomic mass is 10.1. The first kappa shape index (κ1) is 14.6. The molecule has 0 aliphatic heterocycles. The molecule has 0 aromatic heterocycles. The number of anilines is 2. The molecule has 3 heteroatoms. The first-order valence-corrected chi connectivity index (χ1v) is 6.71. The molecule has 0 aliphatic carbocycles. The van der Waals surface area contributed by atoms with Crippen molar-refractivity contribution in [3.05, 3.63) is 23.8 Å². The van der Waals surface area contributed by atoms with Crippen molar-refractivity contribution >= 4 is 17.3 Å². The van der Waals surface area contributed by atoms with Crippen LogP contribution < -0.4 is 10.6 Å². The molecule has 1 aromatic carbocycles.